The smallest absolute Gasteiger partial charge is 0.330 e. The highest BCUT2D eigenvalue weighted by molar-refractivity contribution is 6.07. The highest BCUT2D eigenvalue weighted by Gasteiger charge is 2.10. The van der Waals surface area contributed by atoms with Crippen LogP contribution < -0.4 is 0 Å². The predicted octanol–water partition coefficient (Wildman–Crippen LogP) is 3.20. The Bertz CT molecular complexity index is 971. The first-order valence-electron chi connectivity index (χ1n) is 9.96. The van der Waals surface area contributed by atoms with E-state index in [1.165, 1.54) is 24.3 Å². The van der Waals surface area contributed by atoms with Crippen molar-refractivity contribution in [1.82, 2.24) is 4.98 Å². The van der Waals surface area contributed by atoms with Gasteiger partial charge in [0.15, 0.2) is 0 Å². The highest BCUT2D eigenvalue weighted by Crippen LogP contribution is 2.10. The molecule has 4 heteroatoms. The average Bonchev–Trinajstić information content (AvgIpc) is 2.64. The fraction of sp³-hybridized carbons (Fsp3) is 0.167. The maximum absolute atomic E-state index is 12.8. The molecule has 0 fully saturated rings. The van der Waals surface area contributed by atoms with Gasteiger partial charge in [0.25, 0.3) is 0 Å². The van der Waals surface area contributed by atoms with E-state index in [-0.39, 0.29) is 18.0 Å². The van der Waals surface area contributed by atoms with Crippen LogP contribution in [0.25, 0.3) is 6.08 Å². The van der Waals surface area contributed by atoms with Crippen LogP contribution in [0.2, 0.25) is 0 Å². The molecule has 0 radical (unpaired) electrons. The molecule has 0 amide bonds. The van der Waals surface area contributed by atoms with Crippen molar-refractivity contribution in [2.75, 3.05) is 6.61 Å². The maximum Gasteiger partial charge on any atom is 0.330 e. The number of carbonyl (C=O) groups excluding carboxylic acids is 2. The summed E-state index contributed by atoms with van der Waals surface area (Å²) in [6.45, 7) is -1.01. The number of aromatic nitrogens is 1. The van der Waals surface area contributed by atoms with Gasteiger partial charge in [-0.3, -0.25) is 4.79 Å². The lowest BCUT2D eigenvalue weighted by molar-refractivity contribution is -0.137. The molecule has 0 saturated heterocycles. The summed E-state index contributed by atoms with van der Waals surface area (Å²) < 4.78 is 58.8. The maximum atomic E-state index is 12.8. The zero-order valence-electron chi connectivity index (χ0n) is 18.8. The van der Waals surface area contributed by atoms with Crippen LogP contribution in [0.1, 0.15) is 43.8 Å². The summed E-state index contributed by atoms with van der Waals surface area (Å²) in [6, 6.07) is 1.19. The number of pyridine rings is 1. The molecule has 0 aliphatic carbocycles. The number of ether oxygens (including phenoxy) is 1. The number of carbonyl (C=O) groups is 2. The van der Waals surface area contributed by atoms with Crippen molar-refractivity contribution in [3.63, 3.8) is 0 Å². The van der Waals surface area contributed by atoms with Crippen molar-refractivity contribution >= 4 is 17.8 Å². The molecule has 112 valence electrons. The van der Waals surface area contributed by atoms with Gasteiger partial charge in [-0.1, -0.05) is 35.8 Å². The Hall–Kier alpha value is -2.75. The van der Waals surface area contributed by atoms with Crippen LogP contribution in [0, 0.1) is 6.85 Å². The summed E-state index contributed by atoms with van der Waals surface area (Å²) in [5.74, 6) is -1.49. The van der Waals surface area contributed by atoms with Gasteiger partial charge in [0.05, 0.1) is 17.8 Å². The number of nitrogens with zero attached hydrogens (tertiary/aromatic N) is 1. The van der Waals surface area contributed by atoms with E-state index in [1.807, 2.05) is 0 Å². The van der Waals surface area contributed by atoms with Crippen molar-refractivity contribution in [2.45, 2.75) is 13.8 Å². The molecule has 1 aromatic carbocycles. The normalized spacial score (nSPS) is 15.8. The van der Waals surface area contributed by atoms with Crippen LogP contribution in [0.5, 0.6) is 0 Å². The average molecular weight is 302 g/mol. The first kappa shape index (κ1) is 8.63. The summed E-state index contributed by atoms with van der Waals surface area (Å²) in [4.78, 5) is 28.3. The summed E-state index contributed by atoms with van der Waals surface area (Å²) in [7, 11) is 0. The monoisotopic (exact) mass is 302 g/mol. The molecular formula is C18H17NO3. The van der Waals surface area contributed by atoms with Gasteiger partial charge in [-0.2, -0.15) is 0 Å². The van der Waals surface area contributed by atoms with Gasteiger partial charge < -0.3 is 4.74 Å². The highest BCUT2D eigenvalue weighted by atomic mass is 16.5. The molecule has 0 N–H and O–H groups in total. The first-order valence-corrected chi connectivity index (χ1v) is 6.46. The lowest BCUT2D eigenvalue weighted by Crippen LogP contribution is -2.05. The summed E-state index contributed by atoms with van der Waals surface area (Å²) in [5.41, 5.74) is -1.27. The number of hydrogen-bond donors (Lipinski definition) is 0. The number of rotatable bonds is 5. The lowest BCUT2D eigenvalue weighted by Gasteiger charge is -2.02. The Morgan fingerprint density at radius 1 is 1.32 bits per heavy atom. The fourth-order valence-corrected chi connectivity index (χ4v) is 1.57. The van der Waals surface area contributed by atoms with Crippen LogP contribution >= 0.6 is 0 Å². The number of esters is 1. The molecule has 2 rings (SSSR count). The fourth-order valence-electron chi connectivity index (χ4n) is 1.57. The minimum absolute atomic E-state index is 0.182. The second-order valence-corrected chi connectivity index (χ2v) is 4.11. The quantitative estimate of drug-likeness (QED) is 0.483. The van der Waals surface area contributed by atoms with E-state index in [4.69, 9.17) is 14.3 Å². The first-order chi connectivity index (χ1) is 13.5. The van der Waals surface area contributed by atoms with E-state index >= 15 is 0 Å². The molecule has 0 atom stereocenters. The van der Waals surface area contributed by atoms with Crippen LogP contribution in [0.4, 0.5) is 0 Å². The zero-order valence-corrected chi connectivity index (χ0v) is 11.8. The molecule has 0 saturated carbocycles. The molecule has 22 heavy (non-hydrogen) atoms. The van der Waals surface area contributed by atoms with Crippen molar-refractivity contribution in [3.05, 3.63) is 71.0 Å². The molecule has 0 aliphatic rings. The van der Waals surface area contributed by atoms with Gasteiger partial charge in [0, 0.05) is 15.8 Å². The minimum atomic E-state index is -2.86. The molecule has 0 aliphatic heterocycles. The summed E-state index contributed by atoms with van der Waals surface area (Å²) >= 11 is 0. The van der Waals surface area contributed by atoms with E-state index in [9.17, 15) is 9.59 Å². The lowest BCUT2D eigenvalue weighted by atomic mass is 10.1. The Balaban J connectivity index is 2.51. The van der Waals surface area contributed by atoms with Gasteiger partial charge >= 0.3 is 5.97 Å². The van der Waals surface area contributed by atoms with Gasteiger partial charge in [0.1, 0.15) is 5.69 Å². The summed E-state index contributed by atoms with van der Waals surface area (Å²) in [5, 5.41) is 0. The second kappa shape index (κ2) is 7.31. The SMILES string of the molecule is [2H]c1c([2H])c(C([2H])([2H])[2H])c([2H])c([2H])c1C(=O)c1cccc(/C=C/C(=O)OCC)n1. The Labute approximate surface area is 139 Å². The molecule has 4 nitrogen and oxygen atoms in total. The van der Waals surface area contributed by atoms with Gasteiger partial charge in [-0.25, -0.2) is 9.78 Å². The van der Waals surface area contributed by atoms with Crippen LogP contribution in [0.3, 0.4) is 0 Å². The van der Waals surface area contributed by atoms with Crippen molar-refractivity contribution in [3.8, 4) is 0 Å². The third kappa shape index (κ3) is 4.12. The van der Waals surface area contributed by atoms with Gasteiger partial charge in [-0.15, -0.1) is 0 Å². The van der Waals surface area contributed by atoms with E-state index in [1.54, 1.807) is 6.92 Å². The Kier molecular flexibility index (Phi) is 2.87. The van der Waals surface area contributed by atoms with Crippen molar-refractivity contribution < 1.29 is 23.9 Å². The van der Waals surface area contributed by atoms with Gasteiger partial charge in [0.2, 0.25) is 5.78 Å². The molecule has 0 bridgehead atoms. The number of hydrogen-bond acceptors (Lipinski definition) is 4. The summed E-state index contributed by atoms with van der Waals surface area (Å²) in [6.07, 6.45) is 2.45. The predicted molar refractivity (Wildman–Crippen MR) is 84.5 cm³/mol. The van der Waals surface area contributed by atoms with Crippen molar-refractivity contribution in [2.24, 2.45) is 0 Å². The van der Waals surface area contributed by atoms with E-state index in [2.05, 4.69) is 4.98 Å². The number of benzene rings is 1. The topological polar surface area (TPSA) is 56.3 Å². The molecule has 1 heterocycles. The third-order valence-electron chi connectivity index (χ3n) is 2.53. The zero-order chi connectivity index (χ0) is 21.9. The van der Waals surface area contributed by atoms with E-state index < -0.39 is 53.9 Å². The van der Waals surface area contributed by atoms with E-state index in [0.717, 1.165) is 6.08 Å². The Morgan fingerprint density at radius 3 is 2.77 bits per heavy atom. The molecule has 0 unspecified atom stereocenters. The van der Waals surface area contributed by atoms with Crippen LogP contribution in [-0.4, -0.2) is 23.3 Å². The van der Waals surface area contributed by atoms with Crippen molar-refractivity contribution in [1.29, 1.82) is 0 Å². The third-order valence-corrected chi connectivity index (χ3v) is 2.53. The number of ketones is 1. The minimum Gasteiger partial charge on any atom is -0.463 e. The molecular weight excluding hydrogens is 278 g/mol. The molecule has 0 spiro atoms. The van der Waals surface area contributed by atoms with E-state index in [0.29, 0.717) is 0 Å². The van der Waals surface area contributed by atoms with Crippen LogP contribution in [-0.2, 0) is 9.53 Å². The molecule has 1 aromatic heterocycles. The second-order valence-electron chi connectivity index (χ2n) is 4.11. The Morgan fingerprint density at radius 2 is 2.09 bits per heavy atom. The van der Waals surface area contributed by atoms with Crippen LogP contribution in [0.15, 0.2) is 48.4 Å². The molecule has 2 aromatic rings. The standard InChI is InChI=1S/C18H17NO3/c1-3-22-17(20)12-11-15-5-4-6-16(19-15)18(21)14-9-7-13(2)8-10-14/h4-12H,3H2,1-2H3/b12-11+/i2D3,7D,8D,9D,10D. The largest absolute Gasteiger partial charge is 0.463 e. The van der Waals surface area contributed by atoms with Gasteiger partial charge in [-0.05, 0) is 32.0 Å².